The van der Waals surface area contributed by atoms with E-state index in [1.54, 1.807) is 0 Å². The molecule has 4 rings (SSSR count). The van der Waals surface area contributed by atoms with E-state index in [1.165, 1.54) is 9.80 Å². The third kappa shape index (κ3) is 4.31. The standard InChI is InChI=1S/C24H26N2O6/c27-21(32-15-19-10-5-2-6-11-19)20(16-31-14-18-8-3-1-4-9-18)25-17-24(22(25)28)12-7-13-26(24)23(29)30/h1-6,8-11,20H,7,12-17H2,(H,29,30)/t20-,24?/m0/s1. The van der Waals surface area contributed by atoms with E-state index in [0.717, 1.165) is 11.1 Å². The van der Waals surface area contributed by atoms with E-state index in [4.69, 9.17) is 9.47 Å². The van der Waals surface area contributed by atoms with Crippen LogP contribution in [0, 0.1) is 0 Å². The highest BCUT2D eigenvalue weighted by Crippen LogP contribution is 2.40. The fraction of sp³-hybridized carbons (Fsp3) is 0.375. The molecular formula is C24H26N2O6. The first-order valence-electron chi connectivity index (χ1n) is 10.7. The van der Waals surface area contributed by atoms with Crippen molar-refractivity contribution in [2.24, 2.45) is 0 Å². The first-order valence-corrected chi connectivity index (χ1v) is 10.7. The molecule has 2 atom stereocenters. The fourth-order valence-electron chi connectivity index (χ4n) is 4.37. The Morgan fingerprint density at radius 1 is 1.00 bits per heavy atom. The normalized spacial score (nSPS) is 20.8. The minimum Gasteiger partial charge on any atom is -0.465 e. The number of rotatable bonds is 8. The Kier molecular flexibility index (Phi) is 6.41. The number of amides is 2. The van der Waals surface area contributed by atoms with Crippen LogP contribution in [0.1, 0.15) is 24.0 Å². The Morgan fingerprint density at radius 2 is 1.62 bits per heavy atom. The van der Waals surface area contributed by atoms with Gasteiger partial charge in [-0.15, -0.1) is 0 Å². The van der Waals surface area contributed by atoms with Gasteiger partial charge in [0.25, 0.3) is 5.91 Å². The van der Waals surface area contributed by atoms with Crippen LogP contribution in [-0.4, -0.2) is 64.2 Å². The third-order valence-electron chi connectivity index (χ3n) is 6.07. The molecule has 0 bridgehead atoms. The maximum Gasteiger partial charge on any atom is 0.408 e. The van der Waals surface area contributed by atoms with Gasteiger partial charge in [0.05, 0.1) is 19.8 Å². The average molecular weight is 438 g/mol. The Bertz CT molecular complexity index is 967. The second-order valence-electron chi connectivity index (χ2n) is 8.11. The molecule has 2 fully saturated rings. The van der Waals surface area contributed by atoms with Crippen LogP contribution in [0.5, 0.6) is 0 Å². The van der Waals surface area contributed by atoms with E-state index < -0.39 is 23.6 Å². The zero-order valence-electron chi connectivity index (χ0n) is 17.7. The molecule has 1 unspecified atom stereocenters. The summed E-state index contributed by atoms with van der Waals surface area (Å²) in [6.45, 7) is 0.832. The van der Waals surface area contributed by atoms with Crippen LogP contribution < -0.4 is 0 Å². The third-order valence-corrected chi connectivity index (χ3v) is 6.07. The number of likely N-dealkylation sites (tertiary alicyclic amines) is 2. The number of carboxylic acid groups (broad SMARTS) is 1. The number of β-lactam (4-membered cyclic amide) rings is 1. The lowest BCUT2D eigenvalue weighted by Crippen LogP contribution is -2.76. The van der Waals surface area contributed by atoms with Crippen molar-refractivity contribution in [1.82, 2.24) is 9.80 Å². The van der Waals surface area contributed by atoms with Crippen molar-refractivity contribution < 1.29 is 29.0 Å². The Hall–Kier alpha value is -3.39. The fourth-order valence-corrected chi connectivity index (χ4v) is 4.37. The van der Waals surface area contributed by atoms with E-state index in [0.29, 0.717) is 19.4 Å². The van der Waals surface area contributed by atoms with Crippen LogP contribution in [0.4, 0.5) is 4.79 Å². The highest BCUT2D eigenvalue weighted by atomic mass is 16.5. The van der Waals surface area contributed by atoms with Crippen LogP contribution >= 0.6 is 0 Å². The van der Waals surface area contributed by atoms with Crippen molar-refractivity contribution >= 4 is 18.0 Å². The number of hydrogen-bond donors (Lipinski definition) is 1. The molecule has 168 valence electrons. The molecule has 2 heterocycles. The molecule has 8 heteroatoms. The van der Waals surface area contributed by atoms with Crippen LogP contribution in [-0.2, 0) is 32.3 Å². The first-order chi connectivity index (χ1) is 15.5. The minimum absolute atomic E-state index is 0.0303. The van der Waals surface area contributed by atoms with E-state index >= 15 is 0 Å². The molecule has 32 heavy (non-hydrogen) atoms. The van der Waals surface area contributed by atoms with Crippen molar-refractivity contribution in [3.63, 3.8) is 0 Å². The summed E-state index contributed by atoms with van der Waals surface area (Å²) in [5.74, 6) is -0.924. The number of esters is 1. The average Bonchev–Trinajstić information content (AvgIpc) is 3.28. The molecule has 2 aliphatic heterocycles. The first kappa shape index (κ1) is 21.8. The molecule has 2 saturated heterocycles. The van der Waals surface area contributed by atoms with Gasteiger partial charge in [-0.2, -0.15) is 0 Å². The molecule has 2 aromatic rings. The molecule has 0 aromatic heterocycles. The maximum absolute atomic E-state index is 13.1. The molecular weight excluding hydrogens is 412 g/mol. The number of benzene rings is 2. The predicted molar refractivity (Wildman–Crippen MR) is 115 cm³/mol. The maximum atomic E-state index is 13.1. The highest BCUT2D eigenvalue weighted by Gasteiger charge is 2.62. The zero-order valence-corrected chi connectivity index (χ0v) is 17.7. The Balaban J connectivity index is 1.44. The van der Waals surface area contributed by atoms with Gasteiger partial charge in [0.1, 0.15) is 12.1 Å². The van der Waals surface area contributed by atoms with Gasteiger partial charge in [-0.1, -0.05) is 60.7 Å². The highest BCUT2D eigenvalue weighted by molar-refractivity contribution is 5.98. The monoisotopic (exact) mass is 438 g/mol. The quantitative estimate of drug-likeness (QED) is 0.503. The van der Waals surface area contributed by atoms with Crippen LogP contribution in [0.15, 0.2) is 60.7 Å². The van der Waals surface area contributed by atoms with Crippen molar-refractivity contribution in [2.45, 2.75) is 37.6 Å². The van der Waals surface area contributed by atoms with E-state index in [-0.39, 0.29) is 32.3 Å². The summed E-state index contributed by atoms with van der Waals surface area (Å²) < 4.78 is 11.2. The molecule has 2 amide bonds. The van der Waals surface area contributed by atoms with E-state index in [2.05, 4.69) is 0 Å². The number of carbonyl (C=O) groups is 3. The van der Waals surface area contributed by atoms with Gasteiger partial charge in [-0.25, -0.2) is 9.59 Å². The van der Waals surface area contributed by atoms with Gasteiger partial charge < -0.3 is 19.5 Å². The van der Waals surface area contributed by atoms with Crippen molar-refractivity contribution in [1.29, 1.82) is 0 Å². The largest absolute Gasteiger partial charge is 0.465 e. The van der Waals surface area contributed by atoms with Crippen LogP contribution in [0.2, 0.25) is 0 Å². The number of hydrogen-bond acceptors (Lipinski definition) is 5. The van der Waals surface area contributed by atoms with Gasteiger partial charge >= 0.3 is 12.1 Å². The second-order valence-corrected chi connectivity index (χ2v) is 8.11. The molecule has 0 saturated carbocycles. The van der Waals surface area contributed by atoms with Crippen molar-refractivity contribution in [3.05, 3.63) is 71.8 Å². The van der Waals surface area contributed by atoms with Gasteiger partial charge in [0.15, 0.2) is 6.04 Å². The summed E-state index contributed by atoms with van der Waals surface area (Å²) in [5.41, 5.74) is 0.718. The molecule has 0 radical (unpaired) electrons. The lowest BCUT2D eigenvalue weighted by molar-refractivity contribution is -0.177. The lowest BCUT2D eigenvalue weighted by Gasteiger charge is -2.52. The Labute approximate surface area is 186 Å². The molecule has 0 aliphatic carbocycles. The summed E-state index contributed by atoms with van der Waals surface area (Å²) in [4.78, 5) is 40.2. The van der Waals surface area contributed by atoms with Crippen LogP contribution in [0.3, 0.4) is 0 Å². The summed E-state index contributed by atoms with van der Waals surface area (Å²) in [5, 5.41) is 9.48. The molecule has 1 N–H and O–H groups in total. The summed E-state index contributed by atoms with van der Waals surface area (Å²) >= 11 is 0. The van der Waals surface area contributed by atoms with Crippen LogP contribution in [0.25, 0.3) is 0 Å². The molecule has 2 aromatic carbocycles. The lowest BCUT2D eigenvalue weighted by atomic mass is 9.84. The van der Waals surface area contributed by atoms with Gasteiger partial charge in [-0.3, -0.25) is 9.69 Å². The van der Waals surface area contributed by atoms with E-state index in [1.807, 2.05) is 60.7 Å². The van der Waals surface area contributed by atoms with Gasteiger partial charge in [0.2, 0.25) is 0 Å². The number of ether oxygens (including phenoxy) is 2. The summed E-state index contributed by atoms with van der Waals surface area (Å²) in [6, 6.07) is 17.9. The predicted octanol–water partition coefficient (Wildman–Crippen LogP) is 2.67. The molecule has 1 spiro atoms. The minimum atomic E-state index is -1.11. The smallest absolute Gasteiger partial charge is 0.408 e. The van der Waals surface area contributed by atoms with Crippen molar-refractivity contribution in [2.75, 3.05) is 19.7 Å². The van der Waals surface area contributed by atoms with Gasteiger partial charge in [0, 0.05) is 6.54 Å². The molecule has 2 aliphatic rings. The SMILES string of the molecule is O=C(OCc1ccccc1)[C@H](COCc1ccccc1)N1CC2(CCCN2C(=O)O)C1=O. The van der Waals surface area contributed by atoms with Gasteiger partial charge in [-0.05, 0) is 24.0 Å². The Morgan fingerprint density at radius 3 is 2.22 bits per heavy atom. The number of nitrogens with zero attached hydrogens (tertiary/aromatic N) is 2. The number of carbonyl (C=O) groups excluding carboxylic acids is 2. The van der Waals surface area contributed by atoms with E-state index in [9.17, 15) is 19.5 Å². The topological polar surface area (TPSA) is 96.4 Å². The second kappa shape index (κ2) is 9.40. The summed E-state index contributed by atoms with van der Waals surface area (Å²) in [7, 11) is 0. The van der Waals surface area contributed by atoms with Crippen molar-refractivity contribution in [3.8, 4) is 0 Å². The molecule has 8 nitrogen and oxygen atoms in total. The zero-order chi connectivity index (χ0) is 22.6. The summed E-state index contributed by atoms with van der Waals surface area (Å²) in [6.07, 6.45) is -0.0239.